The van der Waals surface area contributed by atoms with Gasteiger partial charge in [0.15, 0.2) is 5.82 Å². The summed E-state index contributed by atoms with van der Waals surface area (Å²) in [6.07, 6.45) is 0.941. The Bertz CT molecular complexity index is 683. The second-order valence-electron chi connectivity index (χ2n) is 4.33. The van der Waals surface area contributed by atoms with Crippen molar-refractivity contribution in [2.75, 3.05) is 6.54 Å². The van der Waals surface area contributed by atoms with E-state index >= 15 is 0 Å². The van der Waals surface area contributed by atoms with Crippen LogP contribution < -0.4 is 5.73 Å². The van der Waals surface area contributed by atoms with Gasteiger partial charge in [0.2, 0.25) is 4.96 Å². The van der Waals surface area contributed by atoms with Gasteiger partial charge < -0.3 is 5.73 Å². The van der Waals surface area contributed by atoms with Crippen LogP contribution in [0.1, 0.15) is 11.3 Å². The summed E-state index contributed by atoms with van der Waals surface area (Å²) in [6, 6.07) is 8.28. The summed E-state index contributed by atoms with van der Waals surface area (Å²) in [5.41, 5.74) is 7.38. The molecule has 0 unspecified atom stereocenters. The maximum Gasteiger partial charge on any atom is 0.212 e. The Balaban J connectivity index is 2.08. The van der Waals surface area contributed by atoms with Crippen molar-refractivity contribution in [1.29, 1.82) is 0 Å². The molecule has 3 N–H and O–H groups in total. The van der Waals surface area contributed by atoms with Crippen molar-refractivity contribution in [2.45, 2.75) is 13.3 Å². The van der Waals surface area contributed by atoms with E-state index < -0.39 is 0 Å². The molecule has 0 atom stereocenters. The summed E-state index contributed by atoms with van der Waals surface area (Å²) in [5.74, 6) is 0.802. The molecule has 0 saturated carbocycles. The molecule has 0 aliphatic rings. The zero-order valence-electron chi connectivity index (χ0n) is 10.3. The molecular weight excluding hydrogens is 244 g/mol. The standard InChI is InChI=1S/C13H14N4S/c1-9-3-2-4-10(7-9)12-15-13-17(16-12)11(5-6-14)8-18-13/h2-4,7-8H,5-6,14H2,1H3/p+1. The highest BCUT2D eigenvalue weighted by atomic mass is 32.1. The van der Waals surface area contributed by atoms with Gasteiger partial charge in [0, 0.05) is 17.4 Å². The van der Waals surface area contributed by atoms with Crippen molar-refractivity contribution in [2.24, 2.45) is 0 Å². The van der Waals surface area contributed by atoms with E-state index in [1.807, 2.05) is 16.6 Å². The van der Waals surface area contributed by atoms with Gasteiger partial charge in [-0.3, -0.25) is 0 Å². The van der Waals surface area contributed by atoms with Gasteiger partial charge in [0.25, 0.3) is 0 Å². The molecule has 3 rings (SSSR count). The fourth-order valence-electron chi connectivity index (χ4n) is 1.98. The molecule has 5 heteroatoms. The zero-order valence-corrected chi connectivity index (χ0v) is 11.1. The van der Waals surface area contributed by atoms with Crippen LogP contribution in [0.4, 0.5) is 0 Å². The molecule has 0 spiro atoms. The topological polar surface area (TPSA) is 57.8 Å². The van der Waals surface area contributed by atoms with Crippen molar-refractivity contribution in [3.8, 4) is 11.4 Å². The number of rotatable bonds is 3. The maximum absolute atomic E-state index is 4.59. The molecule has 0 bridgehead atoms. The Hall–Kier alpha value is -1.72. The Morgan fingerprint density at radius 2 is 2.28 bits per heavy atom. The monoisotopic (exact) mass is 259 g/mol. The third kappa shape index (κ3) is 1.91. The molecule has 0 saturated heterocycles. The largest absolute Gasteiger partial charge is 0.357 e. The van der Waals surface area contributed by atoms with E-state index in [0.717, 1.165) is 29.3 Å². The summed E-state index contributed by atoms with van der Waals surface area (Å²) in [5, 5.41) is 6.70. The van der Waals surface area contributed by atoms with E-state index in [1.54, 1.807) is 11.3 Å². The minimum Gasteiger partial charge on any atom is -0.357 e. The number of hydrogen-bond acceptors (Lipinski definition) is 3. The fourth-order valence-corrected chi connectivity index (χ4v) is 2.84. The summed E-state index contributed by atoms with van der Waals surface area (Å²) >= 11 is 1.64. The number of quaternary nitrogens is 1. The minimum atomic E-state index is 0.802. The van der Waals surface area contributed by atoms with Crippen LogP contribution in [0.15, 0.2) is 29.6 Å². The summed E-state index contributed by atoms with van der Waals surface area (Å²) in [6.45, 7) is 2.96. The van der Waals surface area contributed by atoms with Gasteiger partial charge in [-0.25, -0.2) is 4.52 Å². The molecule has 4 nitrogen and oxygen atoms in total. The number of aryl methyl sites for hydroxylation is 1. The van der Waals surface area contributed by atoms with Crippen molar-refractivity contribution < 1.29 is 5.73 Å². The van der Waals surface area contributed by atoms with Crippen LogP contribution in [-0.4, -0.2) is 21.1 Å². The van der Waals surface area contributed by atoms with Crippen LogP contribution >= 0.6 is 11.3 Å². The summed E-state index contributed by atoms with van der Waals surface area (Å²) < 4.78 is 1.94. The Morgan fingerprint density at radius 3 is 3.06 bits per heavy atom. The minimum absolute atomic E-state index is 0.802. The van der Waals surface area contributed by atoms with Crippen molar-refractivity contribution in [1.82, 2.24) is 14.6 Å². The lowest BCUT2D eigenvalue weighted by Crippen LogP contribution is -2.51. The molecule has 0 amide bonds. The Labute approximate surface area is 109 Å². The zero-order chi connectivity index (χ0) is 12.5. The third-order valence-corrected chi connectivity index (χ3v) is 3.72. The Morgan fingerprint density at radius 1 is 1.39 bits per heavy atom. The normalized spacial score (nSPS) is 11.2. The molecule has 1 aromatic carbocycles. The summed E-state index contributed by atoms with van der Waals surface area (Å²) in [7, 11) is 0. The first-order chi connectivity index (χ1) is 8.78. The van der Waals surface area contributed by atoms with Gasteiger partial charge in [-0.2, -0.15) is 4.98 Å². The van der Waals surface area contributed by atoms with Gasteiger partial charge in [-0.15, -0.1) is 16.4 Å². The maximum atomic E-state index is 4.59. The molecule has 2 aromatic heterocycles. The van der Waals surface area contributed by atoms with Crippen molar-refractivity contribution in [3.05, 3.63) is 40.9 Å². The second kappa shape index (κ2) is 4.51. The van der Waals surface area contributed by atoms with E-state index in [9.17, 15) is 0 Å². The molecule has 0 fully saturated rings. The molecule has 0 radical (unpaired) electrons. The predicted octanol–water partition coefficient (Wildman–Crippen LogP) is 1.55. The van der Waals surface area contributed by atoms with Crippen molar-refractivity contribution >= 4 is 16.3 Å². The summed E-state index contributed by atoms with van der Waals surface area (Å²) in [4.78, 5) is 5.53. The van der Waals surface area contributed by atoms with Crippen molar-refractivity contribution in [3.63, 3.8) is 0 Å². The van der Waals surface area contributed by atoms with E-state index in [-0.39, 0.29) is 0 Å². The average molecular weight is 259 g/mol. The predicted molar refractivity (Wildman–Crippen MR) is 72.5 cm³/mol. The van der Waals surface area contributed by atoms with Gasteiger partial charge in [-0.05, 0) is 13.0 Å². The highest BCUT2D eigenvalue weighted by Gasteiger charge is 2.11. The molecular formula is C13H15N4S+. The smallest absolute Gasteiger partial charge is 0.212 e. The lowest BCUT2D eigenvalue weighted by atomic mass is 10.1. The van der Waals surface area contributed by atoms with Crippen LogP contribution in [0.3, 0.4) is 0 Å². The van der Waals surface area contributed by atoms with Crippen LogP contribution in [0.25, 0.3) is 16.3 Å². The number of fused-ring (bicyclic) bond motifs is 1. The second-order valence-corrected chi connectivity index (χ2v) is 5.17. The SMILES string of the molecule is Cc1cccc(-c2nc3scc(CC[NH3+])n3n2)c1. The number of benzene rings is 1. The van der Waals surface area contributed by atoms with Gasteiger partial charge >= 0.3 is 0 Å². The quantitative estimate of drug-likeness (QED) is 0.776. The van der Waals surface area contributed by atoms with E-state index in [0.29, 0.717) is 0 Å². The third-order valence-electron chi connectivity index (χ3n) is 2.86. The molecule has 0 aliphatic heterocycles. The highest BCUT2D eigenvalue weighted by Crippen LogP contribution is 2.21. The Kier molecular flexibility index (Phi) is 2.85. The lowest BCUT2D eigenvalue weighted by Gasteiger charge is -1.96. The molecule has 92 valence electrons. The first kappa shape index (κ1) is 11.4. The molecule has 2 heterocycles. The van der Waals surface area contributed by atoms with E-state index in [4.69, 9.17) is 0 Å². The number of aromatic nitrogens is 3. The van der Waals surface area contributed by atoms with Crippen LogP contribution in [0.5, 0.6) is 0 Å². The van der Waals surface area contributed by atoms with Crippen LogP contribution in [-0.2, 0) is 6.42 Å². The highest BCUT2D eigenvalue weighted by molar-refractivity contribution is 7.15. The van der Waals surface area contributed by atoms with Gasteiger partial charge in [-0.1, -0.05) is 23.8 Å². The average Bonchev–Trinajstić information content (AvgIpc) is 2.92. The first-order valence-corrected chi connectivity index (χ1v) is 6.85. The van der Waals surface area contributed by atoms with Gasteiger partial charge in [0.05, 0.1) is 12.2 Å². The lowest BCUT2D eigenvalue weighted by molar-refractivity contribution is -0.366. The number of hydrogen-bond donors (Lipinski definition) is 1. The number of nitrogens with zero attached hydrogens (tertiary/aromatic N) is 3. The van der Waals surface area contributed by atoms with E-state index in [2.05, 4.69) is 40.3 Å². The fraction of sp³-hybridized carbons (Fsp3) is 0.231. The van der Waals surface area contributed by atoms with Gasteiger partial charge in [0.1, 0.15) is 0 Å². The molecule has 18 heavy (non-hydrogen) atoms. The number of thiazole rings is 1. The first-order valence-electron chi connectivity index (χ1n) is 5.97. The molecule has 0 aliphatic carbocycles. The molecule has 3 aromatic rings. The van der Waals surface area contributed by atoms with Crippen LogP contribution in [0.2, 0.25) is 0 Å². The van der Waals surface area contributed by atoms with Crippen LogP contribution in [0, 0.1) is 6.92 Å². The van der Waals surface area contributed by atoms with E-state index in [1.165, 1.54) is 11.3 Å².